The minimum Gasteiger partial charge on any atom is -0.378 e. The number of aromatic nitrogens is 2. The Morgan fingerprint density at radius 3 is 2.64 bits per heavy atom. The summed E-state index contributed by atoms with van der Waals surface area (Å²) in [6, 6.07) is 6.68. The molecule has 0 bridgehead atoms. The number of rotatable bonds is 7. The summed E-state index contributed by atoms with van der Waals surface area (Å²) in [5, 5.41) is 3.54. The number of hydrogen-bond donors (Lipinski definition) is 2. The van der Waals surface area contributed by atoms with Crippen LogP contribution in [0.5, 0.6) is 0 Å². The van der Waals surface area contributed by atoms with E-state index in [2.05, 4.69) is 24.9 Å². The molecule has 28 heavy (non-hydrogen) atoms. The molecule has 3 rings (SSSR count). The van der Waals surface area contributed by atoms with E-state index in [0.29, 0.717) is 42.0 Å². The van der Waals surface area contributed by atoms with Gasteiger partial charge in [-0.15, -0.1) is 0 Å². The first-order chi connectivity index (χ1) is 13.3. The van der Waals surface area contributed by atoms with E-state index in [1.807, 2.05) is 13.0 Å². The van der Waals surface area contributed by atoms with Crippen molar-refractivity contribution in [2.45, 2.75) is 18.7 Å². The number of anilines is 2. The molecule has 0 aliphatic carbocycles. The quantitative estimate of drug-likeness (QED) is 0.654. The largest absolute Gasteiger partial charge is 0.378 e. The second-order valence-corrected chi connectivity index (χ2v) is 8.66. The molecule has 0 atom stereocenters. The number of hydrogen-bond acceptors (Lipinski definition) is 7. The van der Waals surface area contributed by atoms with E-state index in [9.17, 15) is 8.42 Å². The van der Waals surface area contributed by atoms with Gasteiger partial charge in [0.1, 0.15) is 17.5 Å². The van der Waals surface area contributed by atoms with E-state index in [0.717, 1.165) is 18.9 Å². The van der Waals surface area contributed by atoms with Gasteiger partial charge < -0.3 is 15.0 Å². The average molecular weight is 426 g/mol. The third kappa shape index (κ3) is 5.32. The van der Waals surface area contributed by atoms with Crippen LogP contribution in [0.4, 0.5) is 11.6 Å². The Morgan fingerprint density at radius 2 is 1.89 bits per heavy atom. The molecule has 0 amide bonds. The predicted octanol–water partition coefficient (Wildman–Crippen LogP) is 1.97. The number of benzene rings is 1. The second kappa shape index (κ2) is 9.04. The Kier molecular flexibility index (Phi) is 6.71. The minimum absolute atomic E-state index is 0.187. The summed E-state index contributed by atoms with van der Waals surface area (Å²) in [6.45, 7) is 7.10. The van der Waals surface area contributed by atoms with Crippen LogP contribution in [-0.4, -0.2) is 57.8 Å². The lowest BCUT2D eigenvalue weighted by Crippen LogP contribution is -2.37. The first kappa shape index (κ1) is 20.8. The smallest absolute Gasteiger partial charge is 0.240 e. The van der Waals surface area contributed by atoms with Crippen LogP contribution in [0.1, 0.15) is 11.4 Å². The lowest BCUT2D eigenvalue weighted by atomic mass is 10.2. The van der Waals surface area contributed by atoms with Crippen LogP contribution in [0.15, 0.2) is 29.2 Å². The molecule has 2 N–H and O–H groups in total. The van der Waals surface area contributed by atoms with E-state index >= 15 is 0 Å². The van der Waals surface area contributed by atoms with Gasteiger partial charge in [0, 0.05) is 37.3 Å². The molecule has 0 saturated carbocycles. The van der Waals surface area contributed by atoms with Crippen molar-refractivity contribution in [2.75, 3.05) is 49.6 Å². The van der Waals surface area contributed by atoms with Crippen molar-refractivity contribution in [3.8, 4) is 0 Å². The maximum Gasteiger partial charge on any atom is 0.240 e. The number of sulfonamides is 1. The first-order valence-corrected chi connectivity index (χ1v) is 10.9. The molecule has 1 aromatic carbocycles. The number of nitrogens with one attached hydrogen (secondary N) is 2. The van der Waals surface area contributed by atoms with Gasteiger partial charge >= 0.3 is 0 Å². The molecule has 0 unspecified atom stereocenters. The predicted molar refractivity (Wildman–Crippen MR) is 110 cm³/mol. The molecule has 0 spiro atoms. The van der Waals surface area contributed by atoms with Gasteiger partial charge in [-0.1, -0.05) is 17.7 Å². The number of aryl methyl sites for hydroxylation is 2. The van der Waals surface area contributed by atoms with Crippen molar-refractivity contribution >= 4 is 33.3 Å². The Bertz CT molecular complexity index is 933. The van der Waals surface area contributed by atoms with Crippen molar-refractivity contribution in [1.82, 2.24) is 14.7 Å². The molecule has 1 saturated heterocycles. The van der Waals surface area contributed by atoms with Crippen molar-refractivity contribution in [3.63, 3.8) is 0 Å². The fraction of sp³-hybridized carbons (Fsp3) is 0.444. The fourth-order valence-electron chi connectivity index (χ4n) is 2.91. The zero-order chi connectivity index (χ0) is 20.1. The molecule has 2 heterocycles. The number of morpholine rings is 1. The average Bonchev–Trinajstić information content (AvgIpc) is 2.67. The zero-order valence-corrected chi connectivity index (χ0v) is 17.5. The van der Waals surface area contributed by atoms with Gasteiger partial charge in [-0.3, -0.25) is 0 Å². The van der Waals surface area contributed by atoms with Crippen LogP contribution in [0.25, 0.3) is 0 Å². The summed E-state index contributed by atoms with van der Waals surface area (Å²) in [4.78, 5) is 11.2. The molecular weight excluding hydrogens is 402 g/mol. The van der Waals surface area contributed by atoms with E-state index in [1.165, 1.54) is 6.07 Å². The van der Waals surface area contributed by atoms with Crippen molar-refractivity contribution in [1.29, 1.82) is 0 Å². The maximum absolute atomic E-state index is 12.5. The van der Waals surface area contributed by atoms with Gasteiger partial charge in [0.15, 0.2) is 0 Å². The standard InChI is InChI=1S/C18H24ClN5O3S/c1-13-3-4-15(19)11-16(13)28(25,26)21-6-5-20-17-12-18(23-14(2)22-17)24-7-9-27-10-8-24/h3-4,11-12,21H,5-10H2,1-2H3,(H,20,22,23). The maximum atomic E-state index is 12.5. The third-order valence-corrected chi connectivity index (χ3v) is 6.16. The molecule has 10 heteroatoms. The lowest BCUT2D eigenvalue weighted by molar-refractivity contribution is 0.122. The molecule has 2 aromatic rings. The number of nitrogens with zero attached hydrogens (tertiary/aromatic N) is 3. The first-order valence-electron chi connectivity index (χ1n) is 9.03. The summed E-state index contributed by atoms with van der Waals surface area (Å²) in [7, 11) is -3.63. The molecule has 152 valence electrons. The van der Waals surface area contributed by atoms with Crippen LogP contribution in [0.2, 0.25) is 5.02 Å². The van der Waals surface area contributed by atoms with Gasteiger partial charge in [-0.2, -0.15) is 0 Å². The summed E-state index contributed by atoms with van der Waals surface area (Å²) in [6.07, 6.45) is 0. The highest BCUT2D eigenvalue weighted by molar-refractivity contribution is 7.89. The van der Waals surface area contributed by atoms with Gasteiger partial charge in [0.2, 0.25) is 10.0 Å². The van der Waals surface area contributed by atoms with Crippen LogP contribution in [-0.2, 0) is 14.8 Å². The number of ether oxygens (including phenoxy) is 1. The van der Waals surface area contributed by atoms with Crippen LogP contribution >= 0.6 is 11.6 Å². The highest BCUT2D eigenvalue weighted by Gasteiger charge is 2.17. The highest BCUT2D eigenvalue weighted by atomic mass is 35.5. The van der Waals surface area contributed by atoms with Crippen molar-refractivity contribution < 1.29 is 13.2 Å². The minimum atomic E-state index is -3.63. The van der Waals surface area contributed by atoms with Crippen molar-refractivity contribution in [2.24, 2.45) is 0 Å². The second-order valence-electron chi connectivity index (χ2n) is 6.49. The zero-order valence-electron chi connectivity index (χ0n) is 15.9. The molecule has 1 fully saturated rings. The van der Waals surface area contributed by atoms with E-state index in [-0.39, 0.29) is 11.4 Å². The molecule has 0 radical (unpaired) electrons. The van der Waals surface area contributed by atoms with Crippen LogP contribution in [0.3, 0.4) is 0 Å². The Labute approximate surface area is 170 Å². The van der Waals surface area contributed by atoms with Gasteiger partial charge in [0.25, 0.3) is 0 Å². The highest BCUT2D eigenvalue weighted by Crippen LogP contribution is 2.20. The Morgan fingerprint density at radius 1 is 1.14 bits per heavy atom. The normalized spacial score (nSPS) is 14.9. The third-order valence-electron chi connectivity index (χ3n) is 4.32. The molecule has 1 aliphatic rings. The molecule has 1 aliphatic heterocycles. The van der Waals surface area contributed by atoms with E-state index in [1.54, 1.807) is 19.1 Å². The summed E-state index contributed by atoms with van der Waals surface area (Å²) >= 11 is 5.93. The monoisotopic (exact) mass is 425 g/mol. The van der Waals surface area contributed by atoms with Gasteiger partial charge in [-0.25, -0.2) is 23.1 Å². The molecular formula is C18H24ClN5O3S. The van der Waals surface area contributed by atoms with E-state index < -0.39 is 10.0 Å². The topological polar surface area (TPSA) is 96.5 Å². The van der Waals surface area contributed by atoms with Gasteiger partial charge in [-0.05, 0) is 31.5 Å². The van der Waals surface area contributed by atoms with Crippen LogP contribution < -0.4 is 14.9 Å². The molecule has 1 aromatic heterocycles. The lowest BCUT2D eigenvalue weighted by Gasteiger charge is -2.28. The summed E-state index contributed by atoms with van der Waals surface area (Å²) < 4.78 is 32.9. The van der Waals surface area contributed by atoms with E-state index in [4.69, 9.17) is 16.3 Å². The Hall–Kier alpha value is -1.94. The summed E-state index contributed by atoms with van der Waals surface area (Å²) in [5.41, 5.74) is 0.645. The SMILES string of the molecule is Cc1nc(NCCNS(=O)(=O)c2cc(Cl)ccc2C)cc(N2CCOCC2)n1. The van der Waals surface area contributed by atoms with Crippen LogP contribution in [0, 0.1) is 13.8 Å². The van der Waals surface area contributed by atoms with Gasteiger partial charge in [0.05, 0.1) is 18.1 Å². The Balaban J connectivity index is 1.59. The fourth-order valence-corrected chi connectivity index (χ4v) is 4.45. The molecule has 8 nitrogen and oxygen atoms in total. The summed E-state index contributed by atoms with van der Waals surface area (Å²) in [5.74, 6) is 2.15. The van der Waals surface area contributed by atoms with Crippen molar-refractivity contribution in [3.05, 3.63) is 40.7 Å². The number of halogens is 1.